The summed E-state index contributed by atoms with van der Waals surface area (Å²) in [5.74, 6) is 0.728. The first-order valence-corrected chi connectivity index (χ1v) is 8.10. The van der Waals surface area contributed by atoms with Gasteiger partial charge < -0.3 is 20.1 Å². The maximum Gasteiger partial charge on any atom is 0.259 e. The van der Waals surface area contributed by atoms with Crippen molar-refractivity contribution < 1.29 is 18.7 Å². The van der Waals surface area contributed by atoms with Crippen LogP contribution in [0.5, 0.6) is 11.5 Å². The Balaban J connectivity index is 2.10. The third kappa shape index (κ3) is 4.13. The fraction of sp³-hybridized carbons (Fsp3) is 0.588. The number of benzene rings is 1. The van der Waals surface area contributed by atoms with Gasteiger partial charge in [0.05, 0.1) is 19.3 Å². The fourth-order valence-corrected chi connectivity index (χ4v) is 2.60. The van der Waals surface area contributed by atoms with Gasteiger partial charge in [0.2, 0.25) is 5.67 Å². The van der Waals surface area contributed by atoms with Crippen molar-refractivity contribution >= 4 is 5.91 Å². The molecule has 0 aromatic heterocycles. The lowest BCUT2D eigenvalue weighted by Crippen LogP contribution is -2.45. The molecule has 0 bridgehead atoms. The van der Waals surface area contributed by atoms with Crippen molar-refractivity contribution in [1.29, 1.82) is 0 Å². The first-order chi connectivity index (χ1) is 11.0. The number of carbonyl (C=O) groups is 1. The second kappa shape index (κ2) is 7.64. The van der Waals surface area contributed by atoms with Crippen molar-refractivity contribution in [2.24, 2.45) is 0 Å². The van der Waals surface area contributed by atoms with E-state index in [1.807, 2.05) is 39.0 Å². The molecule has 1 aliphatic heterocycles. The van der Waals surface area contributed by atoms with Crippen LogP contribution in [-0.2, 0) is 4.79 Å². The molecule has 0 saturated carbocycles. The van der Waals surface area contributed by atoms with E-state index >= 15 is 0 Å². The van der Waals surface area contributed by atoms with Crippen molar-refractivity contribution in [2.75, 3.05) is 26.3 Å². The molecule has 1 aliphatic rings. The minimum Gasteiger partial charge on any atom is -0.490 e. The van der Waals surface area contributed by atoms with Crippen molar-refractivity contribution in [3.8, 4) is 11.5 Å². The smallest absolute Gasteiger partial charge is 0.259 e. The average Bonchev–Trinajstić information content (AvgIpc) is 2.97. The maximum absolute atomic E-state index is 14.4. The number of hydrogen-bond donors (Lipinski definition) is 2. The first-order valence-electron chi connectivity index (χ1n) is 8.10. The molecule has 1 aromatic carbocycles. The van der Waals surface area contributed by atoms with E-state index in [0.29, 0.717) is 31.3 Å². The van der Waals surface area contributed by atoms with Crippen molar-refractivity contribution in [3.05, 3.63) is 23.8 Å². The molecule has 2 atom stereocenters. The lowest BCUT2D eigenvalue weighted by atomic mass is 10.0. The number of rotatable bonds is 7. The predicted octanol–water partition coefficient (Wildman–Crippen LogP) is 2.36. The van der Waals surface area contributed by atoms with E-state index in [1.165, 1.54) is 0 Å². The first kappa shape index (κ1) is 17.5. The highest BCUT2D eigenvalue weighted by Gasteiger charge is 2.41. The Bertz CT molecular complexity index is 545. The fourth-order valence-electron chi connectivity index (χ4n) is 2.60. The Kier molecular flexibility index (Phi) is 5.82. The molecule has 1 aromatic rings. The summed E-state index contributed by atoms with van der Waals surface area (Å²) < 4.78 is 25.5. The average molecular weight is 324 g/mol. The van der Waals surface area contributed by atoms with Crippen molar-refractivity contribution in [1.82, 2.24) is 10.6 Å². The third-order valence-electron chi connectivity index (χ3n) is 3.93. The van der Waals surface area contributed by atoms with E-state index < -0.39 is 11.6 Å². The Morgan fingerprint density at radius 2 is 2.04 bits per heavy atom. The third-order valence-corrected chi connectivity index (χ3v) is 3.93. The molecule has 5 nitrogen and oxygen atoms in total. The molecule has 1 heterocycles. The van der Waals surface area contributed by atoms with Gasteiger partial charge in [0.15, 0.2) is 11.5 Å². The van der Waals surface area contributed by atoms with Crippen LogP contribution in [0.3, 0.4) is 0 Å². The van der Waals surface area contributed by atoms with Gasteiger partial charge >= 0.3 is 0 Å². The second-order valence-corrected chi connectivity index (χ2v) is 5.66. The molecular formula is C17H25FN2O3. The Morgan fingerprint density at radius 1 is 1.35 bits per heavy atom. The van der Waals surface area contributed by atoms with E-state index in [2.05, 4.69) is 10.6 Å². The summed E-state index contributed by atoms with van der Waals surface area (Å²) in [6, 6.07) is 5.19. The van der Waals surface area contributed by atoms with E-state index in [1.54, 1.807) is 0 Å². The summed E-state index contributed by atoms with van der Waals surface area (Å²) in [5, 5.41) is 5.63. The predicted molar refractivity (Wildman–Crippen MR) is 86.7 cm³/mol. The normalized spacial score (nSPS) is 21.7. The lowest BCUT2D eigenvalue weighted by Gasteiger charge is -2.22. The minimum atomic E-state index is -1.82. The standard InChI is InChI=1S/C17H25FN2O3/c1-4-22-14-7-6-13(10-15(14)23-5-2)12(3)20-16(21)17(18)8-9-19-11-17/h6-7,10,12,19H,4-5,8-9,11H2,1-3H3,(H,20,21)/t12-,17+/m0/s1. The van der Waals surface area contributed by atoms with Gasteiger partial charge in [-0.25, -0.2) is 4.39 Å². The molecule has 2 rings (SSSR count). The molecule has 6 heteroatoms. The SMILES string of the molecule is CCOc1ccc([C@H](C)NC(=O)[C@@]2(F)CCNC2)cc1OCC. The highest BCUT2D eigenvalue weighted by atomic mass is 19.1. The zero-order chi connectivity index (χ0) is 16.9. The van der Waals surface area contributed by atoms with Crippen LogP contribution in [-0.4, -0.2) is 37.9 Å². The highest BCUT2D eigenvalue weighted by molar-refractivity contribution is 5.86. The Morgan fingerprint density at radius 3 is 2.65 bits per heavy atom. The van der Waals surface area contributed by atoms with Gasteiger partial charge in [-0.1, -0.05) is 6.07 Å². The Labute approximate surface area is 136 Å². The number of alkyl halides is 1. The van der Waals surface area contributed by atoms with Crippen LogP contribution >= 0.6 is 0 Å². The van der Waals surface area contributed by atoms with Crippen molar-refractivity contribution in [2.45, 2.75) is 38.9 Å². The molecule has 0 spiro atoms. The van der Waals surface area contributed by atoms with Crippen LogP contribution in [0.4, 0.5) is 4.39 Å². The van der Waals surface area contributed by atoms with Gasteiger partial charge in [-0.05, 0) is 45.0 Å². The summed E-state index contributed by atoms with van der Waals surface area (Å²) in [4.78, 5) is 12.1. The van der Waals surface area contributed by atoms with Crippen LogP contribution in [0.1, 0.15) is 38.8 Å². The summed E-state index contributed by atoms with van der Waals surface area (Å²) >= 11 is 0. The van der Waals surface area contributed by atoms with Gasteiger partial charge in [-0.3, -0.25) is 4.79 Å². The monoisotopic (exact) mass is 324 g/mol. The van der Waals surface area contributed by atoms with E-state index in [0.717, 1.165) is 5.56 Å². The molecular weight excluding hydrogens is 299 g/mol. The number of nitrogens with one attached hydrogen (secondary N) is 2. The molecule has 2 N–H and O–H groups in total. The summed E-state index contributed by atoms with van der Waals surface area (Å²) in [6.07, 6.45) is 0.207. The van der Waals surface area contributed by atoms with Crippen molar-refractivity contribution in [3.63, 3.8) is 0 Å². The lowest BCUT2D eigenvalue weighted by molar-refractivity contribution is -0.132. The summed E-state index contributed by atoms with van der Waals surface area (Å²) in [5.41, 5.74) is -0.970. The number of carbonyl (C=O) groups excluding carboxylic acids is 1. The van der Waals surface area contributed by atoms with Gasteiger partial charge in [0, 0.05) is 13.0 Å². The van der Waals surface area contributed by atoms with Crippen LogP contribution in [0, 0.1) is 0 Å². The van der Waals surface area contributed by atoms with Crippen LogP contribution in [0.15, 0.2) is 18.2 Å². The zero-order valence-electron chi connectivity index (χ0n) is 13.9. The number of amides is 1. The van der Waals surface area contributed by atoms with Gasteiger partial charge in [0.1, 0.15) is 0 Å². The molecule has 128 valence electrons. The van der Waals surface area contributed by atoms with Crippen LogP contribution in [0.2, 0.25) is 0 Å². The molecule has 1 saturated heterocycles. The maximum atomic E-state index is 14.4. The van der Waals surface area contributed by atoms with Crippen LogP contribution < -0.4 is 20.1 Å². The topological polar surface area (TPSA) is 59.6 Å². The number of ether oxygens (including phenoxy) is 2. The number of halogens is 1. The van der Waals surface area contributed by atoms with Crippen LogP contribution in [0.25, 0.3) is 0 Å². The summed E-state index contributed by atoms with van der Waals surface area (Å²) in [7, 11) is 0. The zero-order valence-corrected chi connectivity index (χ0v) is 13.9. The second-order valence-electron chi connectivity index (χ2n) is 5.66. The quantitative estimate of drug-likeness (QED) is 0.808. The molecule has 0 unspecified atom stereocenters. The van der Waals surface area contributed by atoms with Gasteiger partial charge in [-0.2, -0.15) is 0 Å². The molecule has 0 aliphatic carbocycles. The molecule has 0 radical (unpaired) electrons. The van der Waals surface area contributed by atoms with Gasteiger partial charge in [-0.15, -0.1) is 0 Å². The molecule has 1 amide bonds. The minimum absolute atomic E-state index is 0.0685. The molecule has 1 fully saturated rings. The van der Waals surface area contributed by atoms with Gasteiger partial charge in [0.25, 0.3) is 5.91 Å². The highest BCUT2D eigenvalue weighted by Crippen LogP contribution is 2.31. The summed E-state index contributed by atoms with van der Waals surface area (Å²) in [6.45, 7) is 7.28. The van der Waals surface area contributed by atoms with E-state index in [-0.39, 0.29) is 19.0 Å². The van der Waals surface area contributed by atoms with E-state index in [4.69, 9.17) is 9.47 Å². The largest absolute Gasteiger partial charge is 0.490 e. The number of hydrogen-bond acceptors (Lipinski definition) is 4. The van der Waals surface area contributed by atoms with E-state index in [9.17, 15) is 9.18 Å². The molecule has 23 heavy (non-hydrogen) atoms. The Hall–Kier alpha value is -1.82.